The fourth-order valence-electron chi connectivity index (χ4n) is 3.30. The second kappa shape index (κ2) is 7.71. The minimum absolute atomic E-state index is 0.0739. The van der Waals surface area contributed by atoms with Crippen LogP contribution in [0.25, 0.3) is 0 Å². The van der Waals surface area contributed by atoms with Gasteiger partial charge in [0.25, 0.3) is 0 Å². The molecule has 140 valence electrons. The summed E-state index contributed by atoms with van der Waals surface area (Å²) in [5, 5.41) is 0. The first-order valence-corrected chi connectivity index (χ1v) is 9.07. The molecular formula is C19H22N6O2. The van der Waals surface area contributed by atoms with Crippen molar-refractivity contribution >= 4 is 5.91 Å². The van der Waals surface area contributed by atoms with E-state index in [2.05, 4.69) is 19.9 Å². The summed E-state index contributed by atoms with van der Waals surface area (Å²) < 4.78 is 5.89. The number of nitrogens with two attached hydrogens (primary N) is 1. The number of aryl methyl sites for hydroxylation is 2. The first-order chi connectivity index (χ1) is 13.2. The Morgan fingerprint density at radius 2 is 2.26 bits per heavy atom. The van der Waals surface area contributed by atoms with Gasteiger partial charge in [-0.1, -0.05) is 6.07 Å². The van der Waals surface area contributed by atoms with E-state index in [1.165, 1.54) is 0 Å². The van der Waals surface area contributed by atoms with Crippen LogP contribution in [0.1, 0.15) is 28.6 Å². The molecule has 1 amide bonds. The highest BCUT2D eigenvalue weighted by molar-refractivity contribution is 5.82. The third-order valence-electron chi connectivity index (χ3n) is 4.75. The van der Waals surface area contributed by atoms with Gasteiger partial charge in [-0.2, -0.15) is 0 Å². The maximum absolute atomic E-state index is 12.7. The van der Waals surface area contributed by atoms with Crippen LogP contribution in [0.3, 0.4) is 0 Å². The van der Waals surface area contributed by atoms with Gasteiger partial charge in [-0.15, -0.1) is 0 Å². The first kappa shape index (κ1) is 17.4. The molecule has 1 aliphatic heterocycles. The SMILES string of the molecule is N[C@@H](Cc1cnc[nH]1)C(=O)N1CCc2oc(CCc3cccnc3)nc2C1. The van der Waals surface area contributed by atoms with E-state index < -0.39 is 6.04 Å². The van der Waals surface area contributed by atoms with E-state index >= 15 is 0 Å². The second-order valence-corrected chi connectivity index (χ2v) is 6.74. The van der Waals surface area contributed by atoms with E-state index in [0.29, 0.717) is 38.2 Å². The molecule has 8 nitrogen and oxygen atoms in total. The fourth-order valence-corrected chi connectivity index (χ4v) is 3.30. The van der Waals surface area contributed by atoms with Gasteiger partial charge in [0.05, 0.1) is 18.9 Å². The van der Waals surface area contributed by atoms with Crippen molar-refractivity contribution in [2.45, 2.75) is 38.3 Å². The Kier molecular flexibility index (Phi) is 4.97. The van der Waals surface area contributed by atoms with Crippen LogP contribution >= 0.6 is 0 Å². The zero-order chi connectivity index (χ0) is 18.6. The molecule has 0 spiro atoms. The number of aromatic nitrogens is 4. The molecule has 3 aromatic heterocycles. The number of imidazole rings is 1. The normalized spacial score (nSPS) is 14.8. The van der Waals surface area contributed by atoms with Crippen molar-refractivity contribution in [3.05, 3.63) is 65.7 Å². The Balaban J connectivity index is 1.36. The Morgan fingerprint density at radius 1 is 1.33 bits per heavy atom. The lowest BCUT2D eigenvalue weighted by Gasteiger charge is -2.27. The molecule has 0 aromatic carbocycles. The molecule has 0 saturated heterocycles. The van der Waals surface area contributed by atoms with Gasteiger partial charge in [0.1, 0.15) is 11.5 Å². The number of nitrogens with one attached hydrogen (secondary N) is 1. The lowest BCUT2D eigenvalue weighted by Crippen LogP contribution is -2.46. The van der Waals surface area contributed by atoms with E-state index in [4.69, 9.17) is 10.2 Å². The summed E-state index contributed by atoms with van der Waals surface area (Å²) in [5.41, 5.74) is 8.93. The van der Waals surface area contributed by atoms with Crippen molar-refractivity contribution in [2.75, 3.05) is 6.54 Å². The predicted molar refractivity (Wildman–Crippen MR) is 97.5 cm³/mol. The Bertz CT molecular complexity index is 890. The van der Waals surface area contributed by atoms with E-state index in [0.717, 1.165) is 29.1 Å². The molecule has 3 aromatic rings. The van der Waals surface area contributed by atoms with Crippen LogP contribution in [0.4, 0.5) is 0 Å². The van der Waals surface area contributed by atoms with Crippen molar-refractivity contribution in [3.8, 4) is 0 Å². The summed E-state index contributed by atoms with van der Waals surface area (Å²) in [6.07, 6.45) is 9.53. The number of carbonyl (C=O) groups is 1. The average molecular weight is 366 g/mol. The zero-order valence-corrected chi connectivity index (χ0v) is 15.0. The molecule has 0 radical (unpaired) electrons. The van der Waals surface area contributed by atoms with Crippen molar-refractivity contribution in [2.24, 2.45) is 5.73 Å². The molecule has 4 rings (SSSR count). The van der Waals surface area contributed by atoms with Crippen LogP contribution in [-0.4, -0.2) is 43.3 Å². The molecule has 8 heteroatoms. The van der Waals surface area contributed by atoms with Crippen LogP contribution in [0.5, 0.6) is 0 Å². The number of oxazole rings is 1. The summed E-state index contributed by atoms with van der Waals surface area (Å²) in [6.45, 7) is 1.04. The van der Waals surface area contributed by atoms with Gasteiger partial charge < -0.3 is 20.0 Å². The van der Waals surface area contributed by atoms with Gasteiger partial charge in [-0.3, -0.25) is 9.78 Å². The minimum atomic E-state index is -0.594. The van der Waals surface area contributed by atoms with Crippen molar-refractivity contribution in [3.63, 3.8) is 0 Å². The number of amides is 1. The molecule has 4 heterocycles. The van der Waals surface area contributed by atoms with Gasteiger partial charge in [0.2, 0.25) is 5.91 Å². The largest absolute Gasteiger partial charge is 0.445 e. The molecule has 0 saturated carbocycles. The highest BCUT2D eigenvalue weighted by Gasteiger charge is 2.28. The predicted octanol–water partition coefficient (Wildman–Crippen LogP) is 1.03. The number of nitrogens with zero attached hydrogens (tertiary/aromatic N) is 4. The second-order valence-electron chi connectivity index (χ2n) is 6.74. The van der Waals surface area contributed by atoms with Crippen LogP contribution < -0.4 is 5.73 Å². The monoisotopic (exact) mass is 366 g/mol. The summed E-state index contributed by atoms with van der Waals surface area (Å²) >= 11 is 0. The average Bonchev–Trinajstić information content (AvgIpc) is 3.35. The Labute approximate surface area is 156 Å². The molecule has 3 N–H and O–H groups in total. The van der Waals surface area contributed by atoms with Gasteiger partial charge in [0.15, 0.2) is 5.89 Å². The van der Waals surface area contributed by atoms with Crippen molar-refractivity contribution in [1.82, 2.24) is 24.8 Å². The summed E-state index contributed by atoms with van der Waals surface area (Å²) in [5.74, 6) is 1.51. The van der Waals surface area contributed by atoms with Crippen molar-refractivity contribution < 1.29 is 9.21 Å². The highest BCUT2D eigenvalue weighted by atomic mass is 16.4. The number of aromatic amines is 1. The maximum atomic E-state index is 12.7. The van der Waals surface area contributed by atoms with E-state index in [9.17, 15) is 4.79 Å². The number of carbonyl (C=O) groups excluding carboxylic acids is 1. The molecule has 1 aliphatic rings. The third kappa shape index (κ3) is 4.06. The topological polar surface area (TPSA) is 114 Å². The van der Waals surface area contributed by atoms with Gasteiger partial charge in [0, 0.05) is 50.1 Å². The van der Waals surface area contributed by atoms with E-state index in [-0.39, 0.29) is 5.91 Å². The summed E-state index contributed by atoms with van der Waals surface area (Å²) in [4.78, 5) is 30.1. The lowest BCUT2D eigenvalue weighted by atomic mass is 10.1. The number of hydrogen-bond acceptors (Lipinski definition) is 6. The highest BCUT2D eigenvalue weighted by Crippen LogP contribution is 2.21. The molecule has 0 aliphatic carbocycles. The van der Waals surface area contributed by atoms with Crippen LogP contribution in [-0.2, 0) is 37.0 Å². The molecule has 0 unspecified atom stereocenters. The molecule has 27 heavy (non-hydrogen) atoms. The van der Waals surface area contributed by atoms with E-state index in [1.54, 1.807) is 23.6 Å². The first-order valence-electron chi connectivity index (χ1n) is 9.07. The summed E-state index contributed by atoms with van der Waals surface area (Å²) in [7, 11) is 0. The molecular weight excluding hydrogens is 344 g/mol. The minimum Gasteiger partial charge on any atom is -0.445 e. The molecule has 0 bridgehead atoms. The number of rotatable bonds is 6. The van der Waals surface area contributed by atoms with Gasteiger partial charge >= 0.3 is 0 Å². The van der Waals surface area contributed by atoms with Crippen LogP contribution in [0, 0.1) is 0 Å². The van der Waals surface area contributed by atoms with Gasteiger partial charge in [-0.25, -0.2) is 9.97 Å². The third-order valence-corrected chi connectivity index (χ3v) is 4.75. The molecule has 0 fully saturated rings. The number of hydrogen-bond donors (Lipinski definition) is 2. The lowest BCUT2D eigenvalue weighted by molar-refractivity contribution is -0.133. The quantitative estimate of drug-likeness (QED) is 0.674. The van der Waals surface area contributed by atoms with E-state index in [1.807, 2.05) is 18.3 Å². The van der Waals surface area contributed by atoms with Crippen molar-refractivity contribution in [1.29, 1.82) is 0 Å². The number of fused-ring (bicyclic) bond motifs is 1. The summed E-state index contributed by atoms with van der Waals surface area (Å²) in [6, 6.07) is 3.37. The Hall–Kier alpha value is -3.00. The molecule has 1 atom stereocenters. The number of H-pyrrole nitrogens is 1. The standard InChI is InChI=1S/C19H22N6O2/c20-15(8-14-10-22-12-23-14)19(26)25-7-5-17-16(11-25)24-18(27-17)4-3-13-2-1-6-21-9-13/h1-2,6,9-10,12,15H,3-5,7-8,11,20H2,(H,22,23)/t15-/m0/s1. The van der Waals surface area contributed by atoms with Crippen LogP contribution in [0.2, 0.25) is 0 Å². The Morgan fingerprint density at radius 3 is 3.04 bits per heavy atom. The zero-order valence-electron chi connectivity index (χ0n) is 15.0. The van der Waals surface area contributed by atoms with Gasteiger partial charge in [-0.05, 0) is 18.1 Å². The fraction of sp³-hybridized carbons (Fsp3) is 0.368. The number of pyridine rings is 1. The smallest absolute Gasteiger partial charge is 0.240 e. The maximum Gasteiger partial charge on any atom is 0.240 e. The van der Waals surface area contributed by atoms with Crippen LogP contribution in [0.15, 0.2) is 41.5 Å².